The molecule has 0 unspecified atom stereocenters. The average Bonchev–Trinajstić information content (AvgIpc) is 3.24. The molecule has 0 spiro atoms. The van der Waals surface area contributed by atoms with Crippen LogP contribution < -0.4 is 0 Å². The minimum Gasteiger partial charge on any atom is -0.208 e. The van der Waals surface area contributed by atoms with Gasteiger partial charge in [0, 0.05) is 16.7 Å². The lowest BCUT2D eigenvalue weighted by molar-refractivity contribution is 1.07. The Morgan fingerprint density at radius 3 is 1.66 bits per heavy atom. The van der Waals surface area contributed by atoms with Crippen LogP contribution >= 0.6 is 0 Å². The maximum absolute atomic E-state index is 9.45. The summed E-state index contributed by atoms with van der Waals surface area (Å²) in [6, 6.07) is 11.1. The van der Waals surface area contributed by atoms with Gasteiger partial charge in [0.1, 0.15) is 0 Å². The summed E-state index contributed by atoms with van der Waals surface area (Å²) in [7, 11) is 0. The average molecular weight is 577 g/mol. The lowest BCUT2D eigenvalue weighted by Crippen LogP contribution is -2.00. The highest BCUT2D eigenvalue weighted by molar-refractivity contribution is 5.91. The van der Waals surface area contributed by atoms with Crippen molar-refractivity contribution in [1.29, 1.82) is 0 Å². The summed E-state index contributed by atoms with van der Waals surface area (Å²) in [5, 5.41) is 0.847. The number of fused-ring (bicyclic) bond motifs is 2. The lowest BCUT2D eigenvalue weighted by atomic mass is 9.97. The summed E-state index contributed by atoms with van der Waals surface area (Å²) in [5.41, 5.74) is -1.40. The summed E-state index contributed by atoms with van der Waals surface area (Å²) in [4.78, 5) is 14.0. The molecule has 3 nitrogen and oxygen atoms in total. The second-order valence-electron chi connectivity index (χ2n) is 9.73. The summed E-state index contributed by atoms with van der Waals surface area (Å²) in [6.45, 7) is 0. The molecule has 7 aromatic carbocycles. The fourth-order valence-corrected chi connectivity index (χ4v) is 4.74. The minimum atomic E-state index is -0.793. The summed E-state index contributed by atoms with van der Waals surface area (Å²) < 4.78 is 132. The van der Waals surface area contributed by atoms with Crippen molar-refractivity contribution < 1.29 is 20.6 Å². The molecule has 0 amide bonds. The first-order valence-corrected chi connectivity index (χ1v) is 13.6. The highest BCUT2D eigenvalue weighted by atomic mass is 15.0. The molecule has 3 heteroatoms. The second kappa shape index (κ2) is 11.0. The Morgan fingerprint density at radius 1 is 0.341 bits per heavy atom. The minimum absolute atomic E-state index is 0.168. The maximum atomic E-state index is 9.45. The van der Waals surface area contributed by atoms with Crippen LogP contribution in [0.25, 0.3) is 78.0 Å². The van der Waals surface area contributed by atoms with Gasteiger partial charge in [0.15, 0.2) is 17.5 Å². The highest BCUT2D eigenvalue weighted by Crippen LogP contribution is 2.32. The van der Waals surface area contributed by atoms with Crippen molar-refractivity contribution in [2.75, 3.05) is 0 Å². The molecule has 0 atom stereocenters. The van der Waals surface area contributed by atoms with Crippen LogP contribution in [0.5, 0.6) is 0 Å². The molecular formula is C41H27N3. The molecule has 0 saturated heterocycles. The molecule has 0 fully saturated rings. The molecule has 8 rings (SSSR count). The predicted molar refractivity (Wildman–Crippen MR) is 182 cm³/mol. The van der Waals surface area contributed by atoms with Gasteiger partial charge < -0.3 is 0 Å². The molecule has 8 aromatic rings. The monoisotopic (exact) mass is 576 g/mol. The lowest BCUT2D eigenvalue weighted by Gasteiger charge is -2.11. The number of benzene rings is 7. The summed E-state index contributed by atoms with van der Waals surface area (Å²) >= 11 is 0. The molecule has 0 aliphatic heterocycles. The fourth-order valence-electron chi connectivity index (χ4n) is 4.74. The molecule has 0 aliphatic carbocycles. The van der Waals surface area contributed by atoms with Gasteiger partial charge in [0.25, 0.3) is 0 Å². The first-order chi connectivity index (χ1) is 28.0. The molecule has 0 radical (unpaired) electrons. The Kier molecular flexibility index (Phi) is 3.64. The Bertz CT molecular complexity index is 3090. The van der Waals surface area contributed by atoms with Crippen molar-refractivity contribution in [2.24, 2.45) is 0 Å². The van der Waals surface area contributed by atoms with Gasteiger partial charge >= 0.3 is 0 Å². The topological polar surface area (TPSA) is 38.7 Å². The smallest absolute Gasteiger partial charge is 0.164 e. The van der Waals surface area contributed by atoms with E-state index in [9.17, 15) is 2.74 Å². The predicted octanol–water partition coefficient (Wildman–Crippen LogP) is 10.5. The highest BCUT2D eigenvalue weighted by Gasteiger charge is 2.13. The van der Waals surface area contributed by atoms with Crippen molar-refractivity contribution >= 4 is 21.5 Å². The van der Waals surface area contributed by atoms with E-state index in [4.69, 9.17) is 22.8 Å². The Hall–Kier alpha value is -5.93. The van der Waals surface area contributed by atoms with Crippen LogP contribution in [0.4, 0.5) is 0 Å². The van der Waals surface area contributed by atoms with Gasteiger partial charge in [0.05, 0.1) is 20.6 Å². The van der Waals surface area contributed by atoms with Crippen molar-refractivity contribution in [1.82, 2.24) is 15.0 Å². The van der Waals surface area contributed by atoms with E-state index in [-0.39, 0.29) is 23.0 Å². The molecule has 1 aromatic heterocycles. The van der Waals surface area contributed by atoms with E-state index in [0.29, 0.717) is 11.1 Å². The van der Waals surface area contributed by atoms with E-state index < -0.39 is 124 Å². The molecule has 0 bridgehead atoms. The van der Waals surface area contributed by atoms with E-state index in [1.165, 1.54) is 0 Å². The third-order valence-electron chi connectivity index (χ3n) is 6.90. The standard InChI is InChI=1S/C41H27N3/c1-3-10-28(11-4-1)33-19-20-36-25-34(21-22-35(36)24-33)32-16-9-17-37(27-32)40-42-39(30-13-5-2-6-14-30)43-41(44-40)38-23-18-29-12-7-8-15-31(29)26-38/h1-27H/i1D,3D,4D,9D,10D,11D,16D,17D,19D,20D,21D,22D,24D,25D,27D. The van der Waals surface area contributed by atoms with Crippen LogP contribution in [0.15, 0.2) is 163 Å². The van der Waals surface area contributed by atoms with Gasteiger partial charge in [-0.3, -0.25) is 0 Å². The van der Waals surface area contributed by atoms with Crippen molar-refractivity contribution in [3.8, 4) is 56.4 Å². The Balaban J connectivity index is 1.41. The van der Waals surface area contributed by atoms with Gasteiger partial charge in [-0.25, -0.2) is 15.0 Å². The zero-order valence-corrected chi connectivity index (χ0v) is 22.8. The van der Waals surface area contributed by atoms with Crippen LogP contribution in [0.3, 0.4) is 0 Å². The van der Waals surface area contributed by atoms with E-state index in [0.717, 1.165) is 10.8 Å². The molecular weight excluding hydrogens is 534 g/mol. The fraction of sp³-hybridized carbons (Fsp3) is 0. The molecule has 0 N–H and O–H groups in total. The van der Waals surface area contributed by atoms with Crippen LogP contribution in [0.1, 0.15) is 20.6 Å². The van der Waals surface area contributed by atoms with Gasteiger partial charge in [-0.1, -0.05) is 139 Å². The zero-order valence-electron chi connectivity index (χ0n) is 37.8. The Labute approximate surface area is 277 Å². The second-order valence-corrected chi connectivity index (χ2v) is 9.73. The van der Waals surface area contributed by atoms with E-state index in [1.54, 1.807) is 36.4 Å². The van der Waals surface area contributed by atoms with Gasteiger partial charge in [0.2, 0.25) is 0 Å². The largest absolute Gasteiger partial charge is 0.208 e. The SMILES string of the molecule is [2H]c1c([2H])c([2H])c(-c2c([2H])c([2H])c3c([2H])c(-c4c([2H])c([2H])c([2H])c(-c5nc(-c6ccccc6)nc(-c6ccc7ccccc7c6)n5)c4[2H])c([2H])c([2H])c3c2[2H])c([2H])c1[2H]. The number of rotatable bonds is 5. The molecule has 0 saturated carbocycles. The van der Waals surface area contributed by atoms with E-state index in [2.05, 4.69) is 9.97 Å². The van der Waals surface area contributed by atoms with Crippen LogP contribution in [0, 0.1) is 0 Å². The van der Waals surface area contributed by atoms with Crippen molar-refractivity contribution in [3.05, 3.63) is 163 Å². The third kappa shape index (κ3) is 5.01. The van der Waals surface area contributed by atoms with Crippen LogP contribution in [-0.4, -0.2) is 15.0 Å². The van der Waals surface area contributed by atoms with E-state index in [1.807, 2.05) is 36.4 Å². The summed E-state index contributed by atoms with van der Waals surface area (Å²) in [5.74, 6) is 0.118. The maximum Gasteiger partial charge on any atom is 0.164 e. The van der Waals surface area contributed by atoms with Gasteiger partial charge in [-0.2, -0.15) is 0 Å². The first kappa shape index (κ1) is 14.5. The number of nitrogens with zero attached hydrogens (tertiary/aromatic N) is 3. The van der Waals surface area contributed by atoms with Crippen molar-refractivity contribution in [2.45, 2.75) is 0 Å². The summed E-state index contributed by atoms with van der Waals surface area (Å²) in [6.07, 6.45) is 0. The quantitative estimate of drug-likeness (QED) is 0.205. The zero-order chi connectivity index (χ0) is 42.3. The van der Waals surface area contributed by atoms with Crippen LogP contribution in [0.2, 0.25) is 0 Å². The van der Waals surface area contributed by atoms with Gasteiger partial charge in [-0.15, -0.1) is 0 Å². The molecule has 0 aliphatic rings. The molecule has 1 heterocycles. The third-order valence-corrected chi connectivity index (χ3v) is 6.90. The molecule has 206 valence electrons. The Morgan fingerprint density at radius 2 is 0.909 bits per heavy atom. The van der Waals surface area contributed by atoms with Crippen LogP contribution in [-0.2, 0) is 0 Å². The molecule has 44 heavy (non-hydrogen) atoms. The number of hydrogen-bond acceptors (Lipinski definition) is 3. The van der Waals surface area contributed by atoms with Gasteiger partial charge in [-0.05, 0) is 68.0 Å². The first-order valence-electron chi connectivity index (χ1n) is 21.1. The van der Waals surface area contributed by atoms with E-state index >= 15 is 0 Å². The number of hydrogen-bond donors (Lipinski definition) is 0. The number of aromatic nitrogens is 3. The normalized spacial score (nSPS) is 16.0. The van der Waals surface area contributed by atoms with Crippen molar-refractivity contribution in [3.63, 3.8) is 0 Å².